The summed E-state index contributed by atoms with van der Waals surface area (Å²) in [6.07, 6.45) is 0.975. The average molecular weight is 270 g/mol. The predicted octanol–water partition coefficient (Wildman–Crippen LogP) is 0.891. The molecule has 0 saturated carbocycles. The van der Waals surface area contributed by atoms with Gasteiger partial charge in [0, 0.05) is 31.7 Å². The van der Waals surface area contributed by atoms with Crippen molar-refractivity contribution in [2.45, 2.75) is 45.4 Å². The second-order valence-electron chi connectivity index (χ2n) is 6.05. The van der Waals surface area contributed by atoms with Gasteiger partial charge >= 0.3 is 5.97 Å². The zero-order chi connectivity index (χ0) is 14.0. The highest BCUT2D eigenvalue weighted by molar-refractivity contribution is 5.71. The lowest BCUT2D eigenvalue weighted by atomic mass is 10.0. The minimum Gasteiger partial charge on any atom is -0.481 e. The second kappa shape index (κ2) is 6.20. The number of rotatable bonds is 4. The Bertz CT molecular complexity index is 322. The summed E-state index contributed by atoms with van der Waals surface area (Å²) in [7, 11) is 0. The quantitative estimate of drug-likeness (QED) is 0.822. The largest absolute Gasteiger partial charge is 0.481 e. The van der Waals surface area contributed by atoms with Crippen LogP contribution >= 0.6 is 0 Å². The van der Waals surface area contributed by atoms with Gasteiger partial charge in [0.2, 0.25) is 0 Å². The molecule has 0 aromatic heterocycles. The molecule has 0 aromatic carbocycles. The van der Waals surface area contributed by atoms with Crippen LogP contribution in [0.2, 0.25) is 0 Å². The number of carboxylic acid groups (broad SMARTS) is 1. The molecule has 2 heterocycles. The van der Waals surface area contributed by atoms with Crippen molar-refractivity contribution in [2.24, 2.45) is 5.92 Å². The summed E-state index contributed by atoms with van der Waals surface area (Å²) in [5.74, 6) is -0.881. The fourth-order valence-corrected chi connectivity index (χ4v) is 3.17. The first-order chi connectivity index (χ1) is 8.99. The van der Waals surface area contributed by atoms with Gasteiger partial charge in [0.1, 0.15) is 0 Å². The number of nitrogens with zero attached hydrogens (tertiary/aromatic N) is 2. The van der Waals surface area contributed by atoms with E-state index in [0.29, 0.717) is 6.04 Å². The van der Waals surface area contributed by atoms with Crippen LogP contribution in [0.25, 0.3) is 0 Å². The summed E-state index contributed by atoms with van der Waals surface area (Å²) in [4.78, 5) is 15.8. The Morgan fingerprint density at radius 3 is 2.74 bits per heavy atom. The number of likely N-dealkylation sites (tertiary alicyclic amines) is 1. The number of ether oxygens (including phenoxy) is 1. The molecule has 5 heteroatoms. The van der Waals surface area contributed by atoms with Gasteiger partial charge in [0.15, 0.2) is 0 Å². The van der Waals surface area contributed by atoms with E-state index < -0.39 is 5.97 Å². The Morgan fingerprint density at radius 2 is 2.16 bits per heavy atom. The van der Waals surface area contributed by atoms with Gasteiger partial charge in [-0.2, -0.15) is 0 Å². The zero-order valence-corrected chi connectivity index (χ0v) is 12.2. The van der Waals surface area contributed by atoms with Crippen molar-refractivity contribution >= 4 is 5.97 Å². The first kappa shape index (κ1) is 14.8. The van der Waals surface area contributed by atoms with Gasteiger partial charge in [-0.15, -0.1) is 0 Å². The second-order valence-corrected chi connectivity index (χ2v) is 6.05. The highest BCUT2D eigenvalue weighted by Crippen LogP contribution is 2.25. The highest BCUT2D eigenvalue weighted by atomic mass is 16.5. The van der Waals surface area contributed by atoms with E-state index in [1.54, 1.807) is 0 Å². The summed E-state index contributed by atoms with van der Waals surface area (Å²) < 4.78 is 5.83. The molecular formula is C14H26N2O3. The van der Waals surface area contributed by atoms with Crippen LogP contribution in [-0.2, 0) is 9.53 Å². The van der Waals surface area contributed by atoms with Crippen LogP contribution in [0.15, 0.2) is 0 Å². The first-order valence-corrected chi connectivity index (χ1v) is 7.31. The van der Waals surface area contributed by atoms with E-state index in [9.17, 15) is 4.79 Å². The predicted molar refractivity (Wildman–Crippen MR) is 73.2 cm³/mol. The maximum atomic E-state index is 11.1. The molecule has 3 atom stereocenters. The number of hydrogen-bond acceptors (Lipinski definition) is 4. The van der Waals surface area contributed by atoms with Crippen LogP contribution in [0.5, 0.6) is 0 Å². The van der Waals surface area contributed by atoms with Gasteiger partial charge in [-0.1, -0.05) is 0 Å². The Kier molecular flexibility index (Phi) is 4.81. The number of morpholine rings is 1. The highest BCUT2D eigenvalue weighted by Gasteiger charge is 2.37. The minimum atomic E-state index is -0.664. The Morgan fingerprint density at radius 1 is 1.42 bits per heavy atom. The summed E-state index contributed by atoms with van der Waals surface area (Å²) in [6.45, 7) is 10.9. The van der Waals surface area contributed by atoms with Gasteiger partial charge < -0.3 is 9.84 Å². The molecule has 1 N–H and O–H groups in total. The van der Waals surface area contributed by atoms with E-state index >= 15 is 0 Å². The van der Waals surface area contributed by atoms with Crippen LogP contribution in [-0.4, -0.2) is 71.8 Å². The SMILES string of the molecule is CC(C)N1CCOC(CN2CCC(C(=O)O)C2C)C1. The molecule has 2 aliphatic rings. The van der Waals surface area contributed by atoms with Crippen molar-refractivity contribution in [1.29, 1.82) is 0 Å². The smallest absolute Gasteiger partial charge is 0.308 e. The topological polar surface area (TPSA) is 53.0 Å². The third-order valence-corrected chi connectivity index (χ3v) is 4.54. The molecule has 2 fully saturated rings. The number of carboxylic acids is 1. The van der Waals surface area contributed by atoms with Crippen LogP contribution < -0.4 is 0 Å². The molecule has 110 valence electrons. The average Bonchev–Trinajstić information content (AvgIpc) is 2.71. The summed E-state index contributed by atoms with van der Waals surface area (Å²) in [5, 5.41) is 9.16. The van der Waals surface area contributed by atoms with Crippen molar-refractivity contribution in [2.75, 3.05) is 32.8 Å². The Balaban J connectivity index is 1.86. The molecule has 0 bridgehead atoms. The number of carbonyl (C=O) groups is 1. The Labute approximate surface area is 115 Å². The van der Waals surface area contributed by atoms with Crippen LogP contribution in [0, 0.1) is 5.92 Å². The third-order valence-electron chi connectivity index (χ3n) is 4.54. The van der Waals surface area contributed by atoms with Crippen molar-refractivity contribution in [1.82, 2.24) is 9.80 Å². The Hall–Kier alpha value is -0.650. The lowest BCUT2D eigenvalue weighted by molar-refractivity contribution is -0.142. The van der Waals surface area contributed by atoms with E-state index in [-0.39, 0.29) is 18.1 Å². The van der Waals surface area contributed by atoms with E-state index in [1.165, 1.54) is 0 Å². The fourth-order valence-electron chi connectivity index (χ4n) is 3.17. The van der Waals surface area contributed by atoms with Crippen LogP contribution in [0.1, 0.15) is 27.2 Å². The molecule has 2 rings (SSSR count). The third kappa shape index (κ3) is 3.46. The molecule has 3 unspecified atom stereocenters. The molecule has 19 heavy (non-hydrogen) atoms. The number of hydrogen-bond donors (Lipinski definition) is 1. The van der Waals surface area contributed by atoms with Gasteiger partial charge in [0.05, 0.1) is 18.6 Å². The molecule has 0 aromatic rings. The lowest BCUT2D eigenvalue weighted by Gasteiger charge is -2.37. The standard InChI is InChI=1S/C14H26N2O3/c1-10(2)15-6-7-19-12(8-15)9-16-5-4-13(11(16)3)14(17)18/h10-13H,4-9H2,1-3H3,(H,17,18). The molecule has 2 saturated heterocycles. The summed E-state index contributed by atoms with van der Waals surface area (Å²) >= 11 is 0. The van der Waals surface area contributed by atoms with Gasteiger partial charge in [-0.3, -0.25) is 14.6 Å². The molecule has 2 aliphatic heterocycles. The maximum absolute atomic E-state index is 11.1. The summed E-state index contributed by atoms with van der Waals surface area (Å²) in [6, 6.07) is 0.671. The van der Waals surface area contributed by atoms with Crippen molar-refractivity contribution < 1.29 is 14.6 Å². The van der Waals surface area contributed by atoms with E-state index in [4.69, 9.17) is 9.84 Å². The number of aliphatic carboxylic acids is 1. The van der Waals surface area contributed by atoms with Crippen LogP contribution in [0.3, 0.4) is 0 Å². The van der Waals surface area contributed by atoms with Crippen molar-refractivity contribution in [3.05, 3.63) is 0 Å². The minimum absolute atomic E-state index is 0.121. The van der Waals surface area contributed by atoms with Crippen molar-refractivity contribution in [3.63, 3.8) is 0 Å². The maximum Gasteiger partial charge on any atom is 0.308 e. The van der Waals surface area contributed by atoms with Crippen molar-refractivity contribution in [3.8, 4) is 0 Å². The van der Waals surface area contributed by atoms with Gasteiger partial charge in [-0.25, -0.2) is 0 Å². The monoisotopic (exact) mass is 270 g/mol. The van der Waals surface area contributed by atoms with Crippen LogP contribution in [0.4, 0.5) is 0 Å². The molecule has 0 amide bonds. The zero-order valence-electron chi connectivity index (χ0n) is 12.2. The molecule has 0 aliphatic carbocycles. The lowest BCUT2D eigenvalue weighted by Crippen LogP contribution is -2.50. The molecule has 0 radical (unpaired) electrons. The molecule has 0 spiro atoms. The van der Waals surface area contributed by atoms with Gasteiger partial charge in [-0.05, 0) is 33.7 Å². The van der Waals surface area contributed by atoms with E-state index in [1.807, 2.05) is 6.92 Å². The molecule has 5 nitrogen and oxygen atoms in total. The van der Waals surface area contributed by atoms with E-state index in [0.717, 1.165) is 39.2 Å². The fraction of sp³-hybridized carbons (Fsp3) is 0.929. The summed E-state index contributed by atoms with van der Waals surface area (Å²) in [5.41, 5.74) is 0. The first-order valence-electron chi connectivity index (χ1n) is 7.31. The normalized spacial score (nSPS) is 34.0. The van der Waals surface area contributed by atoms with Gasteiger partial charge in [0.25, 0.3) is 0 Å². The van der Waals surface area contributed by atoms with E-state index in [2.05, 4.69) is 23.6 Å². The molecular weight excluding hydrogens is 244 g/mol.